The predicted molar refractivity (Wildman–Crippen MR) is 114 cm³/mol. The van der Waals surface area contributed by atoms with Crippen molar-refractivity contribution in [1.29, 1.82) is 0 Å². The number of rotatable bonds is 9. The second-order valence-corrected chi connectivity index (χ2v) is 6.47. The third kappa shape index (κ3) is 4.50. The molecule has 29 heavy (non-hydrogen) atoms. The lowest BCUT2D eigenvalue weighted by Gasteiger charge is -2.35. The summed E-state index contributed by atoms with van der Waals surface area (Å²) in [5, 5.41) is 9.09. The van der Waals surface area contributed by atoms with Gasteiger partial charge in [-0.3, -0.25) is 0 Å². The molecular formula is C25H26O4. The van der Waals surface area contributed by atoms with Crippen LogP contribution in [0, 0.1) is 0 Å². The number of ether oxygens (including phenoxy) is 3. The Labute approximate surface area is 172 Å². The number of hydrogen-bond acceptors (Lipinski definition) is 4. The monoisotopic (exact) mass is 390 g/mol. The fraction of sp³-hybridized carbons (Fsp3) is 0.200. The van der Waals surface area contributed by atoms with E-state index in [9.17, 15) is 0 Å². The Balaban J connectivity index is 2.19. The Kier molecular flexibility index (Phi) is 7.06. The number of hydrogen-bond donors (Lipinski definition) is 1. The van der Waals surface area contributed by atoms with Gasteiger partial charge >= 0.3 is 0 Å². The van der Waals surface area contributed by atoms with Crippen molar-refractivity contribution >= 4 is 0 Å². The molecule has 0 amide bonds. The molecule has 0 aliphatic rings. The first-order valence-corrected chi connectivity index (χ1v) is 9.49. The summed E-state index contributed by atoms with van der Waals surface area (Å²) in [5.41, 5.74) is 2.13. The van der Waals surface area contributed by atoms with Gasteiger partial charge in [-0.1, -0.05) is 66.7 Å². The molecule has 3 rings (SSSR count). The zero-order chi connectivity index (χ0) is 20.5. The average molecular weight is 390 g/mol. The largest absolute Gasteiger partial charge is 0.497 e. The topological polar surface area (TPSA) is 47.9 Å². The van der Waals surface area contributed by atoms with Crippen LogP contribution in [0.5, 0.6) is 11.5 Å². The van der Waals surface area contributed by atoms with Crippen molar-refractivity contribution < 1.29 is 19.3 Å². The zero-order valence-corrected chi connectivity index (χ0v) is 16.7. The van der Waals surface area contributed by atoms with Gasteiger partial charge in [-0.2, -0.15) is 0 Å². The molecular weight excluding hydrogens is 364 g/mol. The second-order valence-electron chi connectivity index (χ2n) is 6.47. The maximum absolute atomic E-state index is 9.09. The first kappa shape index (κ1) is 20.6. The van der Waals surface area contributed by atoms with Crippen molar-refractivity contribution in [2.75, 3.05) is 27.4 Å². The molecule has 150 valence electrons. The highest BCUT2D eigenvalue weighted by atomic mass is 16.5. The van der Waals surface area contributed by atoms with Gasteiger partial charge < -0.3 is 19.3 Å². The Morgan fingerprint density at radius 3 is 1.62 bits per heavy atom. The van der Waals surface area contributed by atoms with E-state index in [0.29, 0.717) is 6.61 Å². The van der Waals surface area contributed by atoms with Crippen molar-refractivity contribution in [3.05, 3.63) is 108 Å². The van der Waals surface area contributed by atoms with E-state index in [0.717, 1.165) is 28.2 Å². The molecule has 4 nitrogen and oxygen atoms in total. The quantitative estimate of drug-likeness (QED) is 0.430. The van der Waals surface area contributed by atoms with E-state index in [1.165, 1.54) is 0 Å². The summed E-state index contributed by atoms with van der Waals surface area (Å²) in [7, 11) is 3.30. The summed E-state index contributed by atoms with van der Waals surface area (Å²) in [4.78, 5) is 0. The standard InChI is InChI=1S/C25H26O4/c1-27-23-14-10-21(11-15-23)25(29-19-7-6-18-26,20-8-4-3-5-9-20)22-12-16-24(28-2)17-13-22/h3-17,26H,18-19H2,1-2H3. The minimum absolute atomic E-state index is 0.0211. The van der Waals surface area contributed by atoms with Crippen LogP contribution < -0.4 is 9.47 Å². The van der Waals surface area contributed by atoms with E-state index in [2.05, 4.69) is 12.1 Å². The van der Waals surface area contributed by atoms with Gasteiger partial charge in [0.1, 0.15) is 17.1 Å². The minimum atomic E-state index is -0.834. The van der Waals surface area contributed by atoms with Crippen LogP contribution in [0.3, 0.4) is 0 Å². The van der Waals surface area contributed by atoms with Gasteiger partial charge in [-0.15, -0.1) is 0 Å². The van der Waals surface area contributed by atoms with E-state index in [1.54, 1.807) is 20.3 Å². The van der Waals surface area contributed by atoms with Crippen molar-refractivity contribution in [1.82, 2.24) is 0 Å². The fourth-order valence-corrected chi connectivity index (χ4v) is 3.39. The Morgan fingerprint density at radius 1 is 0.690 bits per heavy atom. The second kappa shape index (κ2) is 9.92. The molecule has 0 fully saturated rings. The van der Waals surface area contributed by atoms with Gasteiger partial charge in [-0.05, 0) is 41.0 Å². The maximum atomic E-state index is 9.09. The molecule has 4 heteroatoms. The molecule has 3 aromatic rings. The number of methoxy groups -OCH3 is 2. The lowest BCUT2D eigenvalue weighted by Crippen LogP contribution is -2.33. The zero-order valence-electron chi connectivity index (χ0n) is 16.7. The highest BCUT2D eigenvalue weighted by Gasteiger charge is 2.37. The summed E-state index contributed by atoms with van der Waals surface area (Å²) < 4.78 is 17.2. The van der Waals surface area contributed by atoms with Crippen LogP contribution >= 0.6 is 0 Å². The van der Waals surface area contributed by atoms with Crippen LogP contribution in [-0.2, 0) is 10.3 Å². The smallest absolute Gasteiger partial charge is 0.144 e. The maximum Gasteiger partial charge on any atom is 0.144 e. The van der Waals surface area contributed by atoms with Gasteiger partial charge in [0, 0.05) is 0 Å². The molecule has 0 heterocycles. The van der Waals surface area contributed by atoms with Crippen molar-refractivity contribution in [2.45, 2.75) is 5.60 Å². The van der Waals surface area contributed by atoms with E-state index in [-0.39, 0.29) is 6.61 Å². The van der Waals surface area contributed by atoms with Crippen LogP contribution in [0.1, 0.15) is 16.7 Å². The van der Waals surface area contributed by atoms with Crippen LogP contribution in [0.15, 0.2) is 91.0 Å². The Bertz CT molecular complexity index is 852. The van der Waals surface area contributed by atoms with Gasteiger partial charge in [-0.25, -0.2) is 0 Å². The molecule has 3 aromatic carbocycles. The molecule has 0 bridgehead atoms. The van der Waals surface area contributed by atoms with Gasteiger partial charge in [0.25, 0.3) is 0 Å². The van der Waals surface area contributed by atoms with Crippen molar-refractivity contribution in [3.8, 4) is 11.5 Å². The molecule has 0 aromatic heterocycles. The van der Waals surface area contributed by atoms with Crippen LogP contribution in [0.4, 0.5) is 0 Å². The van der Waals surface area contributed by atoms with E-state index in [4.69, 9.17) is 19.3 Å². The minimum Gasteiger partial charge on any atom is -0.497 e. The molecule has 0 aliphatic carbocycles. The molecule has 0 aliphatic heterocycles. The average Bonchev–Trinajstić information content (AvgIpc) is 2.80. The summed E-state index contributed by atoms with van der Waals surface area (Å²) in [6.07, 6.45) is 3.50. The molecule has 0 saturated heterocycles. The lowest BCUT2D eigenvalue weighted by atomic mass is 9.80. The van der Waals surface area contributed by atoms with Crippen molar-refractivity contribution in [2.24, 2.45) is 0 Å². The molecule has 0 saturated carbocycles. The number of aliphatic hydroxyl groups is 1. The first-order chi connectivity index (χ1) is 14.2. The normalized spacial score (nSPS) is 11.6. The van der Waals surface area contributed by atoms with Crippen molar-refractivity contribution in [3.63, 3.8) is 0 Å². The van der Waals surface area contributed by atoms with E-state index >= 15 is 0 Å². The highest BCUT2D eigenvalue weighted by molar-refractivity contribution is 5.49. The van der Waals surface area contributed by atoms with Crippen LogP contribution in [-0.4, -0.2) is 32.5 Å². The van der Waals surface area contributed by atoms with Gasteiger partial charge in [0.15, 0.2) is 0 Å². The summed E-state index contributed by atoms with van der Waals surface area (Å²) in [5.74, 6) is 1.57. The molecule has 0 radical (unpaired) electrons. The van der Waals surface area contributed by atoms with E-state index in [1.807, 2.05) is 72.8 Å². The lowest BCUT2D eigenvalue weighted by molar-refractivity contribution is 0.0317. The molecule has 0 unspecified atom stereocenters. The molecule has 1 N–H and O–H groups in total. The van der Waals surface area contributed by atoms with Crippen LogP contribution in [0.25, 0.3) is 0 Å². The first-order valence-electron chi connectivity index (χ1n) is 9.49. The Hall–Kier alpha value is -3.08. The third-order valence-electron chi connectivity index (χ3n) is 4.84. The highest BCUT2D eigenvalue weighted by Crippen LogP contribution is 2.41. The van der Waals surface area contributed by atoms with Gasteiger partial charge in [0.2, 0.25) is 0 Å². The number of aliphatic hydroxyl groups excluding tert-OH is 1. The van der Waals surface area contributed by atoms with Gasteiger partial charge in [0.05, 0.1) is 27.4 Å². The number of benzene rings is 3. The summed E-state index contributed by atoms with van der Waals surface area (Å²) in [6, 6.07) is 25.9. The fourth-order valence-electron chi connectivity index (χ4n) is 3.39. The molecule has 0 atom stereocenters. The molecule has 0 spiro atoms. The van der Waals surface area contributed by atoms with E-state index < -0.39 is 5.60 Å². The third-order valence-corrected chi connectivity index (χ3v) is 4.84. The SMILES string of the molecule is COc1ccc(C(OCC=CCO)(c2ccccc2)c2ccc(OC)cc2)cc1. The van der Waals surface area contributed by atoms with Crippen LogP contribution in [0.2, 0.25) is 0 Å². The predicted octanol–water partition coefficient (Wildman–Crippen LogP) is 4.56. The summed E-state index contributed by atoms with van der Waals surface area (Å²) >= 11 is 0. The summed E-state index contributed by atoms with van der Waals surface area (Å²) in [6.45, 7) is 0.320. The Morgan fingerprint density at radius 2 is 1.17 bits per heavy atom.